The van der Waals surface area contributed by atoms with Gasteiger partial charge in [0.05, 0.1) is 10.5 Å². The summed E-state index contributed by atoms with van der Waals surface area (Å²) in [5, 5.41) is 23.2. The van der Waals surface area contributed by atoms with Gasteiger partial charge in [0, 0.05) is 17.9 Å². The van der Waals surface area contributed by atoms with Gasteiger partial charge in [-0.15, -0.1) is 0 Å². The highest BCUT2D eigenvalue weighted by atomic mass is 32.2. The van der Waals surface area contributed by atoms with E-state index in [-0.39, 0.29) is 11.6 Å². The van der Waals surface area contributed by atoms with Crippen LogP contribution in [0.4, 0.5) is 5.69 Å². The number of nitrogens with zero attached hydrogens (tertiary/aromatic N) is 1. The third-order valence-corrected chi connectivity index (χ3v) is 4.17. The van der Waals surface area contributed by atoms with Gasteiger partial charge in [-0.2, -0.15) is 11.8 Å². The summed E-state index contributed by atoms with van der Waals surface area (Å²) in [6.07, 6.45) is 1.94. The van der Waals surface area contributed by atoms with Crippen LogP contribution in [0.5, 0.6) is 5.75 Å². The summed E-state index contributed by atoms with van der Waals surface area (Å²) in [6.45, 7) is 0. The predicted molar refractivity (Wildman–Crippen MR) is 72.6 cm³/mol. The second-order valence-corrected chi connectivity index (χ2v) is 5.47. The number of thioether (sulfide) groups is 1. The van der Waals surface area contributed by atoms with Gasteiger partial charge >= 0.3 is 5.69 Å². The lowest BCUT2D eigenvalue weighted by Crippen LogP contribution is -2.38. The number of para-hydroxylation sites is 1. The van der Waals surface area contributed by atoms with Crippen LogP contribution >= 0.6 is 11.8 Å². The Bertz CT molecular complexity index is 501. The molecule has 6 nitrogen and oxygen atoms in total. The second kappa shape index (κ2) is 5.92. The number of amides is 1. The zero-order chi connectivity index (χ0) is 13.8. The molecule has 1 aromatic carbocycles. The monoisotopic (exact) mass is 282 g/mol. The van der Waals surface area contributed by atoms with Gasteiger partial charge in [-0.1, -0.05) is 6.07 Å². The van der Waals surface area contributed by atoms with Crippen molar-refractivity contribution in [1.29, 1.82) is 0 Å². The van der Waals surface area contributed by atoms with E-state index in [1.54, 1.807) is 11.8 Å². The minimum atomic E-state index is -0.706. The summed E-state index contributed by atoms with van der Waals surface area (Å²) < 4.78 is 0. The smallest absolute Gasteiger partial charge is 0.311 e. The highest BCUT2D eigenvalue weighted by molar-refractivity contribution is 7.99. The molecule has 1 aliphatic heterocycles. The number of hydrogen-bond donors (Lipinski definition) is 2. The molecule has 1 heterocycles. The highest BCUT2D eigenvalue weighted by Gasteiger charge is 2.23. The molecule has 1 amide bonds. The van der Waals surface area contributed by atoms with Crippen LogP contribution in [0.1, 0.15) is 23.2 Å². The average molecular weight is 282 g/mol. The van der Waals surface area contributed by atoms with Crippen molar-refractivity contribution in [2.24, 2.45) is 0 Å². The van der Waals surface area contributed by atoms with E-state index in [4.69, 9.17) is 0 Å². The molecule has 0 aromatic heterocycles. The molecule has 1 fully saturated rings. The highest BCUT2D eigenvalue weighted by Crippen LogP contribution is 2.29. The molecule has 2 rings (SSSR count). The number of benzene rings is 1. The molecule has 19 heavy (non-hydrogen) atoms. The fourth-order valence-electron chi connectivity index (χ4n) is 1.98. The van der Waals surface area contributed by atoms with Gasteiger partial charge in [0.25, 0.3) is 5.91 Å². The molecule has 1 saturated heterocycles. The van der Waals surface area contributed by atoms with Gasteiger partial charge in [0.15, 0.2) is 0 Å². The van der Waals surface area contributed by atoms with Crippen molar-refractivity contribution < 1.29 is 14.8 Å². The van der Waals surface area contributed by atoms with Crippen LogP contribution in [0.25, 0.3) is 0 Å². The largest absolute Gasteiger partial charge is 0.502 e. The van der Waals surface area contributed by atoms with Crippen molar-refractivity contribution in [1.82, 2.24) is 5.32 Å². The van der Waals surface area contributed by atoms with E-state index >= 15 is 0 Å². The number of carbonyl (C=O) groups is 1. The molecule has 1 aromatic rings. The Labute approximate surface area is 114 Å². The zero-order valence-electron chi connectivity index (χ0n) is 10.2. The van der Waals surface area contributed by atoms with Crippen molar-refractivity contribution >= 4 is 23.4 Å². The van der Waals surface area contributed by atoms with Crippen molar-refractivity contribution in [3.05, 3.63) is 33.9 Å². The summed E-state index contributed by atoms with van der Waals surface area (Å²) in [7, 11) is 0. The van der Waals surface area contributed by atoms with Gasteiger partial charge in [-0.25, -0.2) is 0 Å². The van der Waals surface area contributed by atoms with Gasteiger partial charge in [0.1, 0.15) is 0 Å². The second-order valence-electron chi connectivity index (χ2n) is 4.32. The number of hydrogen-bond acceptors (Lipinski definition) is 5. The predicted octanol–water partition coefficient (Wildman–Crippen LogP) is 1.93. The maximum absolute atomic E-state index is 12.0. The number of nitro groups is 1. The third kappa shape index (κ3) is 3.17. The van der Waals surface area contributed by atoms with Gasteiger partial charge in [-0.05, 0) is 24.7 Å². The van der Waals surface area contributed by atoms with Gasteiger partial charge in [0.2, 0.25) is 5.75 Å². The Morgan fingerprint density at radius 1 is 1.53 bits per heavy atom. The van der Waals surface area contributed by atoms with Crippen LogP contribution < -0.4 is 5.32 Å². The van der Waals surface area contributed by atoms with Crippen molar-refractivity contribution in [2.75, 3.05) is 11.5 Å². The number of nitro benzene ring substituents is 1. The molecular formula is C12H14N2O4S. The van der Waals surface area contributed by atoms with Crippen LogP contribution in [0.2, 0.25) is 0 Å². The van der Waals surface area contributed by atoms with Crippen molar-refractivity contribution in [3.8, 4) is 5.75 Å². The first kappa shape index (κ1) is 13.7. The SMILES string of the molecule is O=C(NC1CCCSC1)c1cccc([N+](=O)[O-])c1O. The van der Waals surface area contributed by atoms with Gasteiger partial charge < -0.3 is 10.4 Å². The quantitative estimate of drug-likeness (QED) is 0.652. The maximum Gasteiger partial charge on any atom is 0.311 e. The van der Waals surface area contributed by atoms with E-state index in [9.17, 15) is 20.0 Å². The first-order chi connectivity index (χ1) is 9.09. The summed E-state index contributed by atoms with van der Waals surface area (Å²) in [4.78, 5) is 22.0. The molecule has 0 saturated carbocycles. The van der Waals surface area contributed by atoms with Crippen molar-refractivity contribution in [2.45, 2.75) is 18.9 Å². The molecule has 102 valence electrons. The standard InChI is InChI=1S/C12H14N2O4S/c15-11-9(4-1-5-10(11)14(17)18)12(16)13-8-3-2-6-19-7-8/h1,4-5,8,15H,2-3,6-7H2,(H,13,16). The number of phenols is 1. The van der Waals surface area contributed by atoms with Crippen molar-refractivity contribution in [3.63, 3.8) is 0 Å². The fraction of sp³-hybridized carbons (Fsp3) is 0.417. The molecule has 0 radical (unpaired) electrons. The molecule has 0 bridgehead atoms. The molecule has 0 aliphatic carbocycles. The average Bonchev–Trinajstić information content (AvgIpc) is 2.39. The normalized spacial score (nSPS) is 18.8. The molecular weight excluding hydrogens is 268 g/mol. The molecule has 1 atom stereocenters. The van der Waals surface area contributed by atoms with Crippen LogP contribution in [0.3, 0.4) is 0 Å². The lowest BCUT2D eigenvalue weighted by molar-refractivity contribution is -0.385. The maximum atomic E-state index is 12.0. The number of carbonyl (C=O) groups excluding carboxylic acids is 1. The molecule has 1 unspecified atom stereocenters. The fourth-order valence-corrected chi connectivity index (χ4v) is 3.05. The van der Waals surface area contributed by atoms with E-state index in [0.29, 0.717) is 0 Å². The van der Waals surface area contributed by atoms with E-state index in [1.807, 2.05) is 0 Å². The van der Waals surface area contributed by atoms with E-state index in [1.165, 1.54) is 18.2 Å². The number of rotatable bonds is 3. The van der Waals surface area contributed by atoms with E-state index in [0.717, 1.165) is 24.3 Å². The number of aromatic hydroxyl groups is 1. The summed E-state index contributed by atoms with van der Waals surface area (Å²) in [5.74, 6) is 0.887. The summed E-state index contributed by atoms with van der Waals surface area (Å²) in [6, 6.07) is 4.00. The van der Waals surface area contributed by atoms with Gasteiger partial charge in [-0.3, -0.25) is 14.9 Å². The molecule has 2 N–H and O–H groups in total. The Morgan fingerprint density at radius 2 is 2.32 bits per heavy atom. The zero-order valence-corrected chi connectivity index (χ0v) is 11.0. The Kier molecular flexibility index (Phi) is 4.26. The number of phenolic OH excluding ortho intramolecular Hbond substituents is 1. The van der Waals surface area contributed by atoms with E-state index < -0.39 is 22.3 Å². The Morgan fingerprint density at radius 3 is 2.95 bits per heavy atom. The molecule has 0 spiro atoms. The summed E-state index contributed by atoms with van der Waals surface area (Å²) >= 11 is 1.77. The van der Waals surface area contributed by atoms with E-state index in [2.05, 4.69) is 5.32 Å². The van der Waals surface area contributed by atoms with Crippen LogP contribution in [-0.2, 0) is 0 Å². The Hall–Kier alpha value is -1.76. The topological polar surface area (TPSA) is 92.5 Å². The Balaban J connectivity index is 2.14. The minimum absolute atomic E-state index is 0.0511. The molecule has 7 heteroatoms. The first-order valence-corrected chi connectivity index (χ1v) is 7.10. The third-order valence-electron chi connectivity index (χ3n) is 2.95. The van der Waals surface area contributed by atoms with Crippen LogP contribution in [0, 0.1) is 10.1 Å². The van der Waals surface area contributed by atoms with Crippen LogP contribution in [-0.4, -0.2) is 33.5 Å². The van der Waals surface area contributed by atoms with Crippen LogP contribution in [0.15, 0.2) is 18.2 Å². The summed E-state index contributed by atoms with van der Waals surface area (Å²) in [5.41, 5.74) is -0.504. The number of nitrogens with one attached hydrogen (secondary N) is 1. The molecule has 1 aliphatic rings. The first-order valence-electron chi connectivity index (χ1n) is 5.94. The minimum Gasteiger partial charge on any atom is -0.502 e. The lowest BCUT2D eigenvalue weighted by atomic mass is 10.1. The lowest BCUT2D eigenvalue weighted by Gasteiger charge is -2.22.